The van der Waals surface area contributed by atoms with Gasteiger partial charge in [0.2, 0.25) is 5.76 Å². The molecule has 1 atom stereocenters. The molecular formula is C15H17NO2S. The van der Waals surface area contributed by atoms with Crippen LogP contribution in [0.3, 0.4) is 0 Å². The van der Waals surface area contributed by atoms with Gasteiger partial charge in [-0.2, -0.15) is 17.9 Å². The number of fused-ring (bicyclic) bond motifs is 1. The number of rotatable bonds is 5. The van der Waals surface area contributed by atoms with E-state index in [4.69, 9.17) is 14.4 Å². The first-order valence-corrected chi connectivity index (χ1v) is 6.96. The third kappa shape index (κ3) is 2.87. The highest BCUT2D eigenvalue weighted by Crippen LogP contribution is 2.33. The van der Waals surface area contributed by atoms with Crippen LogP contribution in [-0.2, 0) is 0 Å². The van der Waals surface area contributed by atoms with Crippen LogP contribution in [0.15, 0.2) is 28.7 Å². The topological polar surface area (TPSA) is 46.2 Å². The molecule has 1 unspecified atom stereocenters. The Bertz CT molecular complexity index is 598. The molecule has 0 N–H and O–H groups in total. The lowest BCUT2D eigenvalue weighted by Crippen LogP contribution is -2.19. The van der Waals surface area contributed by atoms with E-state index in [2.05, 4.69) is 26.5 Å². The van der Waals surface area contributed by atoms with Crippen LogP contribution >= 0.6 is 12.6 Å². The molecule has 0 fully saturated rings. The van der Waals surface area contributed by atoms with Gasteiger partial charge in [0.15, 0.2) is 5.75 Å². The fraction of sp³-hybridized carbons (Fsp3) is 0.400. The SMILES string of the molecule is CC(C)C(CS)COc1c(C#N)oc2ccccc12. The molecule has 2 rings (SSSR count). The third-order valence-electron chi connectivity index (χ3n) is 3.27. The van der Waals surface area contributed by atoms with Gasteiger partial charge in [-0.1, -0.05) is 26.0 Å². The minimum Gasteiger partial charge on any atom is -0.488 e. The van der Waals surface area contributed by atoms with Gasteiger partial charge < -0.3 is 9.15 Å². The number of nitrogens with zero attached hydrogens (tertiary/aromatic N) is 1. The molecule has 0 aliphatic rings. The van der Waals surface area contributed by atoms with E-state index in [0.29, 0.717) is 29.8 Å². The molecule has 1 heterocycles. The van der Waals surface area contributed by atoms with Crippen molar-refractivity contribution in [1.29, 1.82) is 5.26 Å². The summed E-state index contributed by atoms with van der Waals surface area (Å²) in [5.41, 5.74) is 0.682. The lowest BCUT2D eigenvalue weighted by molar-refractivity contribution is 0.226. The lowest BCUT2D eigenvalue weighted by Gasteiger charge is -2.18. The van der Waals surface area contributed by atoms with Crippen molar-refractivity contribution in [3.63, 3.8) is 0 Å². The van der Waals surface area contributed by atoms with E-state index < -0.39 is 0 Å². The number of hydrogen-bond donors (Lipinski definition) is 1. The predicted octanol–water partition coefficient (Wildman–Crippen LogP) is 3.89. The van der Waals surface area contributed by atoms with Crippen molar-refractivity contribution in [3.05, 3.63) is 30.0 Å². The highest BCUT2D eigenvalue weighted by molar-refractivity contribution is 7.80. The van der Waals surface area contributed by atoms with E-state index in [9.17, 15) is 0 Å². The molecule has 4 heteroatoms. The van der Waals surface area contributed by atoms with E-state index in [1.165, 1.54) is 0 Å². The number of ether oxygens (including phenoxy) is 1. The second-order valence-corrected chi connectivity index (χ2v) is 5.23. The fourth-order valence-electron chi connectivity index (χ4n) is 1.89. The first kappa shape index (κ1) is 13.8. The Morgan fingerprint density at radius 1 is 1.37 bits per heavy atom. The number of furan rings is 1. The Kier molecular flexibility index (Phi) is 4.39. The Balaban J connectivity index is 2.27. The van der Waals surface area contributed by atoms with E-state index in [1.807, 2.05) is 30.3 Å². The summed E-state index contributed by atoms with van der Waals surface area (Å²) in [5, 5.41) is 9.96. The summed E-state index contributed by atoms with van der Waals surface area (Å²) in [6, 6.07) is 9.57. The quantitative estimate of drug-likeness (QED) is 0.842. The zero-order valence-electron chi connectivity index (χ0n) is 11.1. The summed E-state index contributed by atoms with van der Waals surface area (Å²) in [5.74, 6) is 2.38. The van der Waals surface area contributed by atoms with Gasteiger partial charge in [0.05, 0.1) is 12.0 Å². The maximum atomic E-state index is 9.11. The Labute approximate surface area is 118 Å². The molecule has 1 aromatic heterocycles. The van der Waals surface area contributed by atoms with Crippen LogP contribution in [0, 0.1) is 23.2 Å². The Morgan fingerprint density at radius 3 is 2.74 bits per heavy atom. The molecule has 1 aromatic carbocycles. The maximum absolute atomic E-state index is 9.11. The largest absolute Gasteiger partial charge is 0.488 e. The Morgan fingerprint density at radius 2 is 2.11 bits per heavy atom. The molecule has 0 aliphatic heterocycles. The molecule has 0 spiro atoms. The van der Waals surface area contributed by atoms with E-state index in [0.717, 1.165) is 11.1 Å². The smallest absolute Gasteiger partial charge is 0.246 e. The van der Waals surface area contributed by atoms with Gasteiger partial charge in [-0.3, -0.25) is 0 Å². The Hall–Kier alpha value is -1.60. The van der Waals surface area contributed by atoms with Gasteiger partial charge in [0, 0.05) is 5.92 Å². The number of nitriles is 1. The van der Waals surface area contributed by atoms with Gasteiger partial charge in [0.1, 0.15) is 11.7 Å². The average molecular weight is 275 g/mol. The van der Waals surface area contributed by atoms with Crippen molar-refractivity contribution in [2.75, 3.05) is 12.4 Å². The van der Waals surface area contributed by atoms with Crippen LogP contribution in [0.5, 0.6) is 5.75 Å². The first-order chi connectivity index (χ1) is 9.17. The second kappa shape index (κ2) is 6.03. The van der Waals surface area contributed by atoms with E-state index in [-0.39, 0.29) is 5.76 Å². The summed E-state index contributed by atoms with van der Waals surface area (Å²) >= 11 is 4.34. The number of hydrogen-bond acceptors (Lipinski definition) is 4. The van der Waals surface area contributed by atoms with Crippen molar-refractivity contribution in [2.45, 2.75) is 13.8 Å². The molecule has 0 saturated carbocycles. The summed E-state index contributed by atoms with van der Waals surface area (Å²) in [6.07, 6.45) is 0. The molecule has 0 saturated heterocycles. The minimum absolute atomic E-state index is 0.239. The average Bonchev–Trinajstić information content (AvgIpc) is 2.77. The molecule has 0 radical (unpaired) electrons. The zero-order valence-corrected chi connectivity index (χ0v) is 12.0. The third-order valence-corrected chi connectivity index (χ3v) is 3.74. The van der Waals surface area contributed by atoms with Crippen molar-refractivity contribution in [1.82, 2.24) is 0 Å². The lowest BCUT2D eigenvalue weighted by atomic mass is 9.99. The van der Waals surface area contributed by atoms with Gasteiger partial charge >= 0.3 is 0 Å². The summed E-state index contributed by atoms with van der Waals surface area (Å²) in [7, 11) is 0. The summed E-state index contributed by atoms with van der Waals surface area (Å²) in [6.45, 7) is 4.82. The fourth-order valence-corrected chi connectivity index (χ4v) is 2.41. The van der Waals surface area contributed by atoms with Gasteiger partial charge in [-0.25, -0.2) is 0 Å². The molecule has 0 amide bonds. The standard InChI is InChI=1S/C15H17NO2S/c1-10(2)11(9-19)8-17-15-12-5-3-4-6-13(12)18-14(15)7-16/h3-6,10-11,19H,8-9H2,1-2H3. The van der Waals surface area contributed by atoms with Gasteiger partial charge in [-0.15, -0.1) is 0 Å². The highest BCUT2D eigenvalue weighted by atomic mass is 32.1. The van der Waals surface area contributed by atoms with Crippen LogP contribution in [0.25, 0.3) is 11.0 Å². The molecule has 0 aliphatic carbocycles. The summed E-state index contributed by atoms with van der Waals surface area (Å²) < 4.78 is 11.3. The van der Waals surface area contributed by atoms with Crippen LogP contribution in [-0.4, -0.2) is 12.4 Å². The number of para-hydroxylation sites is 1. The summed E-state index contributed by atoms with van der Waals surface area (Å²) in [4.78, 5) is 0. The van der Waals surface area contributed by atoms with Crippen LogP contribution in [0.4, 0.5) is 0 Å². The number of thiol groups is 1. The molecular weight excluding hydrogens is 258 g/mol. The zero-order chi connectivity index (χ0) is 13.8. The van der Waals surface area contributed by atoms with Crippen molar-refractivity contribution in [3.8, 4) is 11.8 Å². The van der Waals surface area contributed by atoms with Crippen LogP contribution in [0.2, 0.25) is 0 Å². The van der Waals surface area contributed by atoms with Crippen LogP contribution < -0.4 is 4.74 Å². The predicted molar refractivity (Wildman–Crippen MR) is 78.6 cm³/mol. The molecule has 100 valence electrons. The molecule has 3 nitrogen and oxygen atoms in total. The molecule has 0 bridgehead atoms. The van der Waals surface area contributed by atoms with E-state index in [1.54, 1.807) is 0 Å². The maximum Gasteiger partial charge on any atom is 0.246 e. The molecule has 19 heavy (non-hydrogen) atoms. The van der Waals surface area contributed by atoms with Crippen LogP contribution in [0.1, 0.15) is 19.6 Å². The van der Waals surface area contributed by atoms with Gasteiger partial charge in [0.25, 0.3) is 0 Å². The highest BCUT2D eigenvalue weighted by Gasteiger charge is 2.18. The monoisotopic (exact) mass is 275 g/mol. The number of benzene rings is 1. The van der Waals surface area contributed by atoms with Crippen molar-refractivity contribution in [2.24, 2.45) is 11.8 Å². The minimum atomic E-state index is 0.239. The van der Waals surface area contributed by atoms with E-state index >= 15 is 0 Å². The first-order valence-electron chi connectivity index (χ1n) is 6.32. The van der Waals surface area contributed by atoms with Crippen molar-refractivity contribution < 1.29 is 9.15 Å². The van der Waals surface area contributed by atoms with Crippen molar-refractivity contribution >= 4 is 23.6 Å². The van der Waals surface area contributed by atoms with Gasteiger partial charge in [-0.05, 0) is 23.8 Å². The molecule has 2 aromatic rings. The second-order valence-electron chi connectivity index (χ2n) is 4.87. The normalized spacial score (nSPS) is 12.6.